The van der Waals surface area contributed by atoms with E-state index in [0.717, 1.165) is 30.8 Å². The predicted octanol–water partition coefficient (Wildman–Crippen LogP) is 6.06. The largest absolute Gasteiger partial charge is 0.496 e. The fourth-order valence-electron chi connectivity index (χ4n) is 3.69. The summed E-state index contributed by atoms with van der Waals surface area (Å²) in [6, 6.07) is 4.40. The van der Waals surface area contributed by atoms with Gasteiger partial charge in [0, 0.05) is 11.5 Å². The molecule has 0 saturated heterocycles. The number of hydrogen-bond donors (Lipinski definition) is 0. The van der Waals surface area contributed by atoms with Gasteiger partial charge in [0.25, 0.3) is 0 Å². The first-order valence-corrected chi connectivity index (χ1v) is 9.19. The zero-order chi connectivity index (χ0) is 17.5. The third-order valence-corrected chi connectivity index (χ3v) is 5.11. The second-order valence-corrected chi connectivity index (χ2v) is 6.85. The van der Waals surface area contributed by atoms with E-state index in [1.807, 2.05) is 0 Å². The molecule has 1 aromatic carbocycles. The van der Waals surface area contributed by atoms with E-state index in [9.17, 15) is 0 Å². The maximum absolute atomic E-state index is 5.77. The molecule has 0 N–H and O–H groups in total. The van der Waals surface area contributed by atoms with Crippen molar-refractivity contribution in [1.29, 1.82) is 0 Å². The van der Waals surface area contributed by atoms with Crippen LogP contribution in [0.5, 0.6) is 11.5 Å². The summed E-state index contributed by atoms with van der Waals surface area (Å²) < 4.78 is 11.5. The van der Waals surface area contributed by atoms with Crippen molar-refractivity contribution in [1.82, 2.24) is 0 Å². The SMILES string of the molecule is C=C[C@@H]1CCC(C)=C[C@H]1c1c(OC)cc(CCCCC)cc1OC. The highest BCUT2D eigenvalue weighted by Gasteiger charge is 2.28. The van der Waals surface area contributed by atoms with Crippen LogP contribution in [0.25, 0.3) is 0 Å². The Labute approximate surface area is 147 Å². The molecule has 2 atom stereocenters. The van der Waals surface area contributed by atoms with Gasteiger partial charge in [-0.3, -0.25) is 0 Å². The van der Waals surface area contributed by atoms with Gasteiger partial charge in [-0.05, 0) is 56.2 Å². The van der Waals surface area contributed by atoms with Crippen LogP contribution in [-0.4, -0.2) is 14.2 Å². The van der Waals surface area contributed by atoms with Gasteiger partial charge in [-0.15, -0.1) is 6.58 Å². The standard InChI is InChI=1S/C22H32O2/c1-6-8-9-10-17-14-20(23-4)22(21(15-17)24-5)19-13-16(3)11-12-18(19)7-2/h7,13-15,18-19H,2,6,8-12H2,1,3-5H3/t18-,19-/m1/s1. The molecule has 0 unspecified atom stereocenters. The number of methoxy groups -OCH3 is 2. The molecule has 24 heavy (non-hydrogen) atoms. The molecule has 0 fully saturated rings. The lowest BCUT2D eigenvalue weighted by Crippen LogP contribution is -2.16. The summed E-state index contributed by atoms with van der Waals surface area (Å²) in [7, 11) is 3.52. The molecular formula is C22H32O2. The van der Waals surface area contributed by atoms with Gasteiger partial charge in [0.15, 0.2) is 0 Å². The summed E-state index contributed by atoms with van der Waals surface area (Å²) in [6.45, 7) is 8.50. The van der Waals surface area contributed by atoms with Crippen LogP contribution >= 0.6 is 0 Å². The van der Waals surface area contributed by atoms with E-state index in [1.165, 1.54) is 36.0 Å². The second kappa shape index (κ2) is 8.96. The number of allylic oxidation sites excluding steroid dienone is 3. The molecule has 1 aromatic rings. The number of unbranched alkanes of at least 4 members (excludes halogenated alkanes) is 2. The first-order chi connectivity index (χ1) is 11.6. The molecule has 0 bridgehead atoms. The van der Waals surface area contributed by atoms with E-state index >= 15 is 0 Å². The summed E-state index contributed by atoms with van der Waals surface area (Å²) >= 11 is 0. The van der Waals surface area contributed by atoms with Crippen molar-refractivity contribution in [2.45, 2.75) is 58.3 Å². The van der Waals surface area contributed by atoms with Gasteiger partial charge < -0.3 is 9.47 Å². The molecule has 0 heterocycles. The molecule has 0 aromatic heterocycles. The molecule has 2 heteroatoms. The summed E-state index contributed by atoms with van der Waals surface area (Å²) in [6.07, 6.45) is 11.5. The number of aryl methyl sites for hydroxylation is 1. The van der Waals surface area contributed by atoms with Gasteiger partial charge in [-0.1, -0.05) is 37.5 Å². The molecule has 2 nitrogen and oxygen atoms in total. The topological polar surface area (TPSA) is 18.5 Å². The van der Waals surface area contributed by atoms with Crippen LogP contribution in [0.15, 0.2) is 36.4 Å². The number of hydrogen-bond acceptors (Lipinski definition) is 2. The van der Waals surface area contributed by atoms with E-state index in [1.54, 1.807) is 14.2 Å². The molecule has 1 aliphatic carbocycles. The minimum atomic E-state index is 0.283. The van der Waals surface area contributed by atoms with Crippen molar-refractivity contribution in [3.05, 3.63) is 47.6 Å². The first kappa shape index (κ1) is 18.6. The highest BCUT2D eigenvalue weighted by molar-refractivity contribution is 5.53. The Morgan fingerprint density at radius 1 is 1.17 bits per heavy atom. The third kappa shape index (κ3) is 4.23. The molecule has 0 aliphatic heterocycles. The Bertz CT molecular complexity index is 561. The second-order valence-electron chi connectivity index (χ2n) is 6.85. The van der Waals surface area contributed by atoms with Crippen molar-refractivity contribution in [3.63, 3.8) is 0 Å². The van der Waals surface area contributed by atoms with Crippen LogP contribution in [0, 0.1) is 5.92 Å². The third-order valence-electron chi connectivity index (χ3n) is 5.11. The van der Waals surface area contributed by atoms with Crippen LogP contribution in [0.4, 0.5) is 0 Å². The fourth-order valence-corrected chi connectivity index (χ4v) is 3.69. The number of rotatable bonds is 8. The Balaban J connectivity index is 2.43. The summed E-state index contributed by atoms with van der Waals surface area (Å²) in [5.74, 6) is 2.61. The first-order valence-electron chi connectivity index (χ1n) is 9.19. The molecule has 0 saturated carbocycles. The van der Waals surface area contributed by atoms with Gasteiger partial charge in [-0.2, -0.15) is 0 Å². The molecule has 2 rings (SSSR count). The van der Waals surface area contributed by atoms with Crippen molar-refractivity contribution < 1.29 is 9.47 Å². The van der Waals surface area contributed by atoms with E-state index < -0.39 is 0 Å². The van der Waals surface area contributed by atoms with E-state index in [-0.39, 0.29) is 5.92 Å². The number of ether oxygens (including phenoxy) is 2. The molecule has 0 radical (unpaired) electrons. The van der Waals surface area contributed by atoms with Crippen LogP contribution < -0.4 is 9.47 Å². The van der Waals surface area contributed by atoms with Crippen LogP contribution in [-0.2, 0) is 6.42 Å². The van der Waals surface area contributed by atoms with Gasteiger partial charge >= 0.3 is 0 Å². The maximum atomic E-state index is 5.77. The van der Waals surface area contributed by atoms with Crippen LogP contribution in [0.1, 0.15) is 63.0 Å². The minimum absolute atomic E-state index is 0.283. The Kier molecular flexibility index (Phi) is 6.96. The van der Waals surface area contributed by atoms with E-state index in [0.29, 0.717) is 5.92 Å². The van der Waals surface area contributed by atoms with Crippen molar-refractivity contribution in [3.8, 4) is 11.5 Å². The summed E-state index contributed by atoms with van der Waals surface area (Å²) in [5, 5.41) is 0. The molecule has 1 aliphatic rings. The van der Waals surface area contributed by atoms with Gasteiger partial charge in [0.05, 0.1) is 14.2 Å². The Morgan fingerprint density at radius 3 is 2.38 bits per heavy atom. The lowest BCUT2D eigenvalue weighted by atomic mass is 9.76. The molecule has 0 amide bonds. The smallest absolute Gasteiger partial charge is 0.126 e. The maximum Gasteiger partial charge on any atom is 0.126 e. The van der Waals surface area contributed by atoms with Crippen molar-refractivity contribution >= 4 is 0 Å². The average molecular weight is 328 g/mol. The minimum Gasteiger partial charge on any atom is -0.496 e. The van der Waals surface area contributed by atoms with E-state index in [4.69, 9.17) is 9.47 Å². The van der Waals surface area contributed by atoms with Gasteiger partial charge in [-0.25, -0.2) is 0 Å². The van der Waals surface area contributed by atoms with Crippen LogP contribution in [0.2, 0.25) is 0 Å². The highest BCUT2D eigenvalue weighted by atomic mass is 16.5. The lowest BCUT2D eigenvalue weighted by molar-refractivity contribution is 0.370. The average Bonchev–Trinajstić information content (AvgIpc) is 2.61. The van der Waals surface area contributed by atoms with Gasteiger partial charge in [0.1, 0.15) is 11.5 Å². The van der Waals surface area contributed by atoms with Crippen molar-refractivity contribution in [2.75, 3.05) is 14.2 Å². The Hall–Kier alpha value is -1.70. The molecular weight excluding hydrogens is 296 g/mol. The zero-order valence-corrected chi connectivity index (χ0v) is 15.7. The summed E-state index contributed by atoms with van der Waals surface area (Å²) in [5.41, 5.74) is 3.91. The lowest BCUT2D eigenvalue weighted by Gasteiger charge is -2.30. The monoisotopic (exact) mass is 328 g/mol. The predicted molar refractivity (Wildman–Crippen MR) is 102 cm³/mol. The van der Waals surface area contributed by atoms with Gasteiger partial charge in [0.2, 0.25) is 0 Å². The van der Waals surface area contributed by atoms with Crippen molar-refractivity contribution in [2.24, 2.45) is 5.92 Å². The quantitative estimate of drug-likeness (QED) is 0.426. The zero-order valence-electron chi connectivity index (χ0n) is 15.7. The van der Waals surface area contributed by atoms with E-state index in [2.05, 4.69) is 44.7 Å². The highest BCUT2D eigenvalue weighted by Crippen LogP contribution is 2.45. The Morgan fingerprint density at radius 2 is 1.83 bits per heavy atom. The van der Waals surface area contributed by atoms with Crippen LogP contribution in [0.3, 0.4) is 0 Å². The number of benzene rings is 1. The molecule has 132 valence electrons. The fraction of sp³-hybridized carbons (Fsp3) is 0.545. The normalized spacial score (nSPS) is 20.4. The summed E-state index contributed by atoms with van der Waals surface area (Å²) in [4.78, 5) is 0. The molecule has 0 spiro atoms.